The van der Waals surface area contributed by atoms with E-state index in [4.69, 9.17) is 4.42 Å². The van der Waals surface area contributed by atoms with E-state index in [1.807, 2.05) is 20.8 Å². The van der Waals surface area contributed by atoms with E-state index in [2.05, 4.69) is 16.0 Å². The lowest BCUT2D eigenvalue weighted by Gasteiger charge is -2.35. The lowest BCUT2D eigenvalue weighted by molar-refractivity contribution is -0.142. The van der Waals surface area contributed by atoms with Crippen molar-refractivity contribution in [2.75, 3.05) is 23.7 Å². The fourth-order valence-electron chi connectivity index (χ4n) is 3.49. The third kappa shape index (κ3) is 6.34. The van der Waals surface area contributed by atoms with Crippen molar-refractivity contribution in [2.24, 2.45) is 11.3 Å². The van der Waals surface area contributed by atoms with E-state index in [0.717, 1.165) is 12.8 Å². The van der Waals surface area contributed by atoms with Crippen molar-refractivity contribution in [3.05, 3.63) is 48.4 Å². The zero-order valence-corrected chi connectivity index (χ0v) is 18.2. The number of hydrogen-bond donors (Lipinski definition) is 3. The summed E-state index contributed by atoms with van der Waals surface area (Å²) in [6, 6.07) is 10.1. The van der Waals surface area contributed by atoms with E-state index >= 15 is 0 Å². The predicted molar refractivity (Wildman–Crippen MR) is 118 cm³/mol. The lowest BCUT2D eigenvalue weighted by Crippen LogP contribution is -2.47. The highest BCUT2D eigenvalue weighted by Gasteiger charge is 2.33. The number of anilines is 2. The molecule has 1 unspecified atom stereocenters. The molecule has 1 atom stereocenters. The van der Waals surface area contributed by atoms with Gasteiger partial charge in [0.2, 0.25) is 11.8 Å². The van der Waals surface area contributed by atoms with Crippen LogP contribution in [0, 0.1) is 11.3 Å². The van der Waals surface area contributed by atoms with Crippen LogP contribution in [0.15, 0.2) is 47.1 Å². The molecule has 8 heteroatoms. The molecule has 1 aliphatic heterocycles. The van der Waals surface area contributed by atoms with Gasteiger partial charge in [-0.15, -0.1) is 0 Å². The Bertz CT molecular complexity index is 901. The first-order valence-electron chi connectivity index (χ1n) is 10.5. The first kappa shape index (κ1) is 22.4. The number of nitrogens with one attached hydrogen (secondary N) is 3. The Kier molecular flexibility index (Phi) is 6.99. The largest absolute Gasteiger partial charge is 0.467 e. The van der Waals surface area contributed by atoms with E-state index in [-0.39, 0.29) is 23.8 Å². The molecule has 1 aromatic carbocycles. The molecule has 2 aromatic rings. The molecule has 8 nitrogen and oxygen atoms in total. The zero-order valence-electron chi connectivity index (χ0n) is 18.2. The second-order valence-electron chi connectivity index (χ2n) is 8.79. The third-order valence-electron chi connectivity index (χ3n) is 5.13. The van der Waals surface area contributed by atoms with Crippen LogP contribution in [0.1, 0.15) is 39.4 Å². The third-order valence-corrected chi connectivity index (χ3v) is 5.13. The zero-order chi connectivity index (χ0) is 22.4. The molecule has 166 valence electrons. The molecule has 1 fully saturated rings. The molecule has 3 rings (SSSR count). The minimum Gasteiger partial charge on any atom is -0.467 e. The van der Waals surface area contributed by atoms with Crippen LogP contribution in [0.3, 0.4) is 0 Å². The van der Waals surface area contributed by atoms with Crippen LogP contribution in [0.5, 0.6) is 0 Å². The van der Waals surface area contributed by atoms with Crippen molar-refractivity contribution in [3.63, 3.8) is 0 Å². The van der Waals surface area contributed by atoms with Crippen molar-refractivity contribution in [1.82, 2.24) is 10.2 Å². The molecule has 0 spiro atoms. The second-order valence-corrected chi connectivity index (χ2v) is 8.79. The van der Waals surface area contributed by atoms with Crippen LogP contribution >= 0.6 is 0 Å². The maximum Gasteiger partial charge on any atom is 0.319 e. The molecular weight excluding hydrogens is 396 g/mol. The highest BCUT2D eigenvalue weighted by atomic mass is 16.3. The minimum absolute atomic E-state index is 0.0748. The smallest absolute Gasteiger partial charge is 0.319 e. The van der Waals surface area contributed by atoms with E-state index in [0.29, 0.717) is 36.8 Å². The topological polar surface area (TPSA) is 104 Å². The summed E-state index contributed by atoms with van der Waals surface area (Å²) in [5.74, 6) is 0.415. The van der Waals surface area contributed by atoms with Crippen LogP contribution in [-0.4, -0.2) is 35.8 Å². The van der Waals surface area contributed by atoms with Gasteiger partial charge in [0.05, 0.1) is 18.7 Å². The van der Waals surface area contributed by atoms with Gasteiger partial charge >= 0.3 is 6.03 Å². The van der Waals surface area contributed by atoms with Crippen molar-refractivity contribution < 1.29 is 18.8 Å². The number of carbonyl (C=O) groups is 3. The predicted octanol–water partition coefficient (Wildman–Crippen LogP) is 3.82. The first-order chi connectivity index (χ1) is 14.7. The van der Waals surface area contributed by atoms with Gasteiger partial charge in [-0.2, -0.15) is 0 Å². The van der Waals surface area contributed by atoms with Gasteiger partial charge in [-0.1, -0.05) is 20.8 Å². The van der Waals surface area contributed by atoms with Gasteiger partial charge in [0.1, 0.15) is 5.76 Å². The van der Waals surface area contributed by atoms with Crippen LogP contribution < -0.4 is 16.0 Å². The number of rotatable bonds is 5. The van der Waals surface area contributed by atoms with Gasteiger partial charge in [0, 0.05) is 29.9 Å². The maximum atomic E-state index is 12.7. The average Bonchev–Trinajstić information content (AvgIpc) is 3.26. The normalized spacial score (nSPS) is 16.5. The monoisotopic (exact) mass is 426 g/mol. The molecular formula is C23H30N4O4. The Morgan fingerprint density at radius 2 is 1.74 bits per heavy atom. The number of furan rings is 1. The molecule has 1 aromatic heterocycles. The first-order valence-corrected chi connectivity index (χ1v) is 10.5. The molecule has 1 aliphatic rings. The Labute approximate surface area is 182 Å². The Hall–Kier alpha value is -3.29. The van der Waals surface area contributed by atoms with Crippen LogP contribution in [-0.2, 0) is 16.1 Å². The minimum atomic E-state index is -0.453. The van der Waals surface area contributed by atoms with E-state index in [1.165, 1.54) is 0 Å². The van der Waals surface area contributed by atoms with Crippen molar-refractivity contribution >= 4 is 29.2 Å². The summed E-state index contributed by atoms with van der Waals surface area (Å²) in [6.07, 6.45) is 3.13. The van der Waals surface area contributed by atoms with Gasteiger partial charge in [0.15, 0.2) is 0 Å². The van der Waals surface area contributed by atoms with Gasteiger partial charge in [-0.3, -0.25) is 9.59 Å². The molecule has 0 bridgehead atoms. The summed E-state index contributed by atoms with van der Waals surface area (Å²) in [5, 5.41) is 8.35. The van der Waals surface area contributed by atoms with E-state index in [9.17, 15) is 14.4 Å². The number of likely N-dealkylation sites (tertiary alicyclic amines) is 1. The summed E-state index contributed by atoms with van der Waals surface area (Å²) in [4.78, 5) is 39.0. The van der Waals surface area contributed by atoms with E-state index in [1.54, 1.807) is 47.6 Å². The highest BCUT2D eigenvalue weighted by Crippen LogP contribution is 2.24. The molecule has 0 saturated carbocycles. The molecule has 1 saturated heterocycles. The molecule has 0 aliphatic carbocycles. The molecule has 4 amide bonds. The number of piperidine rings is 1. The van der Waals surface area contributed by atoms with Crippen molar-refractivity contribution in [3.8, 4) is 0 Å². The SMILES string of the molecule is CC(C)(C)C(=O)N1CCCC(C(=O)Nc2ccc(NC(=O)NCc3ccco3)cc2)C1. The fourth-order valence-corrected chi connectivity index (χ4v) is 3.49. The number of carbonyl (C=O) groups excluding carboxylic acids is 3. The van der Waals surface area contributed by atoms with Crippen LogP contribution in [0.2, 0.25) is 0 Å². The van der Waals surface area contributed by atoms with Gasteiger partial charge in [-0.05, 0) is 49.2 Å². The standard InChI is InChI=1S/C23H30N4O4/c1-23(2,3)21(29)27-12-4-6-16(15-27)20(28)25-17-8-10-18(11-9-17)26-22(30)24-14-19-7-5-13-31-19/h5,7-11,13,16H,4,6,12,14-15H2,1-3H3,(H,25,28)(H2,24,26,30). The molecule has 0 radical (unpaired) electrons. The quantitative estimate of drug-likeness (QED) is 0.676. The summed E-state index contributed by atoms with van der Waals surface area (Å²) < 4.78 is 5.17. The molecule has 31 heavy (non-hydrogen) atoms. The highest BCUT2D eigenvalue weighted by molar-refractivity contribution is 5.94. The van der Waals surface area contributed by atoms with Crippen molar-refractivity contribution in [1.29, 1.82) is 0 Å². The number of benzene rings is 1. The lowest BCUT2D eigenvalue weighted by atomic mass is 9.91. The Morgan fingerprint density at radius 1 is 1.06 bits per heavy atom. The van der Waals surface area contributed by atoms with Gasteiger partial charge in [0.25, 0.3) is 0 Å². The Balaban J connectivity index is 1.49. The van der Waals surface area contributed by atoms with Crippen molar-refractivity contribution in [2.45, 2.75) is 40.2 Å². The maximum absolute atomic E-state index is 12.7. The average molecular weight is 427 g/mol. The van der Waals surface area contributed by atoms with Gasteiger partial charge in [-0.25, -0.2) is 4.79 Å². The summed E-state index contributed by atoms with van der Waals surface area (Å²) >= 11 is 0. The van der Waals surface area contributed by atoms with E-state index < -0.39 is 5.41 Å². The summed E-state index contributed by atoms with van der Waals surface area (Å²) in [5.41, 5.74) is 0.797. The molecule has 2 heterocycles. The van der Waals surface area contributed by atoms with Crippen LogP contribution in [0.25, 0.3) is 0 Å². The fraction of sp³-hybridized carbons (Fsp3) is 0.435. The molecule has 3 N–H and O–H groups in total. The number of urea groups is 1. The Morgan fingerprint density at radius 3 is 2.35 bits per heavy atom. The number of hydrogen-bond acceptors (Lipinski definition) is 4. The number of nitrogens with zero attached hydrogens (tertiary/aromatic N) is 1. The van der Waals surface area contributed by atoms with Crippen LogP contribution in [0.4, 0.5) is 16.2 Å². The summed E-state index contributed by atoms with van der Waals surface area (Å²) in [6.45, 7) is 7.12. The number of amides is 4. The summed E-state index contributed by atoms with van der Waals surface area (Å²) in [7, 11) is 0. The van der Waals surface area contributed by atoms with Gasteiger partial charge < -0.3 is 25.3 Å². The second kappa shape index (κ2) is 9.68.